The lowest BCUT2D eigenvalue weighted by Gasteiger charge is -2.45. The van der Waals surface area contributed by atoms with Crippen LogP contribution >= 0.6 is 24.0 Å². The first-order valence-electron chi connectivity index (χ1n) is 11.9. The van der Waals surface area contributed by atoms with Crippen molar-refractivity contribution in [3.63, 3.8) is 0 Å². The lowest BCUT2D eigenvalue weighted by atomic mass is 9.88. The van der Waals surface area contributed by atoms with Gasteiger partial charge >= 0.3 is 0 Å². The van der Waals surface area contributed by atoms with E-state index < -0.39 is 0 Å². The van der Waals surface area contributed by atoms with Crippen LogP contribution in [0.15, 0.2) is 23.2 Å². The zero-order valence-electron chi connectivity index (χ0n) is 20.6. The Balaban J connectivity index is 0.00000363. The number of guanidine groups is 1. The normalized spacial score (nSPS) is 19.3. The SMILES string of the molecule is CCNC(=NCc1ccc(C)cc1OC(C)(C)C)NCC1(N2CCCC2)CCOCC1.I. The highest BCUT2D eigenvalue weighted by molar-refractivity contribution is 14.0. The van der Waals surface area contributed by atoms with E-state index in [2.05, 4.69) is 68.4 Å². The zero-order chi connectivity index (χ0) is 22.3. The van der Waals surface area contributed by atoms with Crippen molar-refractivity contribution in [1.82, 2.24) is 15.5 Å². The Kier molecular flexibility index (Phi) is 10.5. The Hall–Kier alpha value is -1.06. The lowest BCUT2D eigenvalue weighted by Crippen LogP contribution is -2.58. The van der Waals surface area contributed by atoms with Crippen molar-refractivity contribution in [2.24, 2.45) is 4.99 Å². The van der Waals surface area contributed by atoms with E-state index in [0.717, 1.165) is 56.4 Å². The molecular weight excluding hydrogens is 515 g/mol. The number of aliphatic imine (C=N–C) groups is 1. The van der Waals surface area contributed by atoms with Gasteiger partial charge in [0.25, 0.3) is 0 Å². The standard InChI is InChI=1S/C25H42N4O2.HI/c1-6-26-23(27-18-21-10-9-20(2)17-22(21)31-24(3,4)5)28-19-25(11-15-30-16-12-25)29-13-7-8-14-29;/h9-10,17H,6-8,11-16,18-19H2,1-5H3,(H2,26,27,28);1H. The second-order valence-corrected chi connectivity index (χ2v) is 9.91. The number of aryl methyl sites for hydroxylation is 1. The van der Waals surface area contributed by atoms with Gasteiger partial charge in [0.2, 0.25) is 0 Å². The van der Waals surface area contributed by atoms with Gasteiger partial charge in [-0.25, -0.2) is 4.99 Å². The van der Waals surface area contributed by atoms with Crippen molar-refractivity contribution in [2.45, 2.75) is 78.0 Å². The number of likely N-dealkylation sites (tertiary alicyclic amines) is 1. The van der Waals surface area contributed by atoms with E-state index in [1.54, 1.807) is 0 Å². The second-order valence-electron chi connectivity index (χ2n) is 9.91. The Morgan fingerprint density at radius 2 is 1.84 bits per heavy atom. The van der Waals surface area contributed by atoms with Gasteiger partial charge in [-0.15, -0.1) is 24.0 Å². The van der Waals surface area contributed by atoms with E-state index in [-0.39, 0.29) is 35.1 Å². The molecule has 2 heterocycles. The molecular formula is C25H43IN4O2. The molecule has 32 heavy (non-hydrogen) atoms. The Bertz CT molecular complexity index is 736. The highest BCUT2D eigenvalue weighted by Gasteiger charge is 2.39. The molecule has 0 unspecified atom stereocenters. The van der Waals surface area contributed by atoms with Gasteiger partial charge in [0.05, 0.1) is 6.54 Å². The summed E-state index contributed by atoms with van der Waals surface area (Å²) in [6.45, 7) is 16.9. The second kappa shape index (κ2) is 12.4. The molecule has 1 aromatic carbocycles. The smallest absolute Gasteiger partial charge is 0.191 e. The van der Waals surface area contributed by atoms with E-state index in [1.165, 1.54) is 31.5 Å². The van der Waals surface area contributed by atoms with Crippen LogP contribution < -0.4 is 15.4 Å². The summed E-state index contributed by atoms with van der Waals surface area (Å²) in [5.74, 6) is 1.79. The number of hydrogen-bond donors (Lipinski definition) is 2. The molecule has 6 nitrogen and oxygen atoms in total. The average Bonchev–Trinajstić information content (AvgIpc) is 3.26. The van der Waals surface area contributed by atoms with Crippen molar-refractivity contribution in [2.75, 3.05) is 39.4 Å². The van der Waals surface area contributed by atoms with Gasteiger partial charge in [-0.05, 0) is 85.0 Å². The van der Waals surface area contributed by atoms with Gasteiger partial charge in [0.15, 0.2) is 5.96 Å². The van der Waals surface area contributed by atoms with Crippen LogP contribution in [0.1, 0.15) is 64.5 Å². The van der Waals surface area contributed by atoms with Gasteiger partial charge in [-0.3, -0.25) is 4.90 Å². The molecule has 0 spiro atoms. The van der Waals surface area contributed by atoms with Gasteiger partial charge in [0, 0.05) is 37.4 Å². The number of nitrogens with one attached hydrogen (secondary N) is 2. The maximum atomic E-state index is 6.21. The molecule has 2 fully saturated rings. The zero-order valence-corrected chi connectivity index (χ0v) is 23.0. The fourth-order valence-electron chi connectivity index (χ4n) is 4.52. The molecule has 1 aromatic rings. The summed E-state index contributed by atoms with van der Waals surface area (Å²) < 4.78 is 11.9. The van der Waals surface area contributed by atoms with Crippen LogP contribution in [0.5, 0.6) is 5.75 Å². The predicted molar refractivity (Wildman–Crippen MR) is 143 cm³/mol. The summed E-state index contributed by atoms with van der Waals surface area (Å²) in [7, 11) is 0. The van der Waals surface area contributed by atoms with Crippen molar-refractivity contribution in [3.05, 3.63) is 29.3 Å². The number of nitrogens with zero attached hydrogens (tertiary/aromatic N) is 2. The van der Waals surface area contributed by atoms with Crippen LogP contribution in [-0.2, 0) is 11.3 Å². The van der Waals surface area contributed by atoms with Crippen LogP contribution in [0.2, 0.25) is 0 Å². The summed E-state index contributed by atoms with van der Waals surface area (Å²) in [4.78, 5) is 7.59. The number of rotatable bonds is 7. The van der Waals surface area contributed by atoms with Gasteiger partial charge in [0.1, 0.15) is 11.4 Å². The largest absolute Gasteiger partial charge is 0.488 e. The monoisotopic (exact) mass is 558 g/mol. The topological polar surface area (TPSA) is 58.1 Å². The molecule has 0 aliphatic carbocycles. The van der Waals surface area contributed by atoms with Crippen molar-refractivity contribution >= 4 is 29.9 Å². The van der Waals surface area contributed by atoms with Gasteiger partial charge in [-0.2, -0.15) is 0 Å². The molecule has 0 radical (unpaired) electrons. The molecule has 0 amide bonds. The molecule has 2 aliphatic rings. The highest BCUT2D eigenvalue weighted by atomic mass is 127. The number of hydrogen-bond acceptors (Lipinski definition) is 4. The Morgan fingerprint density at radius 1 is 1.16 bits per heavy atom. The van der Waals surface area contributed by atoms with E-state index in [9.17, 15) is 0 Å². The van der Waals surface area contributed by atoms with Crippen molar-refractivity contribution in [1.29, 1.82) is 0 Å². The van der Waals surface area contributed by atoms with Crippen LogP contribution in [-0.4, -0.2) is 61.4 Å². The minimum atomic E-state index is -0.236. The molecule has 2 N–H and O–H groups in total. The van der Waals surface area contributed by atoms with Crippen molar-refractivity contribution in [3.8, 4) is 5.75 Å². The third-order valence-electron chi connectivity index (χ3n) is 6.18. The van der Waals surface area contributed by atoms with Crippen LogP contribution in [0.4, 0.5) is 0 Å². The average molecular weight is 559 g/mol. The van der Waals surface area contributed by atoms with Gasteiger partial charge < -0.3 is 20.1 Å². The summed E-state index contributed by atoms with van der Waals surface area (Å²) in [6, 6.07) is 6.37. The minimum Gasteiger partial charge on any atom is -0.488 e. The van der Waals surface area contributed by atoms with Crippen molar-refractivity contribution < 1.29 is 9.47 Å². The molecule has 0 bridgehead atoms. The first-order chi connectivity index (χ1) is 14.8. The lowest BCUT2D eigenvalue weighted by molar-refractivity contribution is -0.0164. The third kappa shape index (κ3) is 7.76. The highest BCUT2D eigenvalue weighted by Crippen LogP contribution is 2.31. The van der Waals surface area contributed by atoms with Crippen LogP contribution in [0, 0.1) is 6.92 Å². The molecule has 2 aliphatic heterocycles. The maximum Gasteiger partial charge on any atom is 0.191 e. The fourth-order valence-corrected chi connectivity index (χ4v) is 4.52. The summed E-state index contributed by atoms with van der Waals surface area (Å²) in [6.07, 6.45) is 4.78. The van der Waals surface area contributed by atoms with E-state index in [1.807, 2.05) is 0 Å². The predicted octanol–water partition coefficient (Wildman–Crippen LogP) is 4.49. The third-order valence-corrected chi connectivity index (χ3v) is 6.18. The molecule has 2 saturated heterocycles. The quantitative estimate of drug-likeness (QED) is 0.294. The molecule has 182 valence electrons. The first-order valence-corrected chi connectivity index (χ1v) is 11.9. The number of benzene rings is 1. The van der Waals surface area contributed by atoms with Crippen LogP contribution in [0.3, 0.4) is 0 Å². The molecule has 3 rings (SSSR count). The number of ether oxygens (including phenoxy) is 2. The molecule has 0 atom stereocenters. The fraction of sp³-hybridized carbons (Fsp3) is 0.720. The van der Waals surface area contributed by atoms with Crippen LogP contribution in [0.25, 0.3) is 0 Å². The molecule has 0 aromatic heterocycles. The Labute approximate surface area is 211 Å². The molecule has 0 saturated carbocycles. The van der Waals surface area contributed by atoms with E-state index in [4.69, 9.17) is 14.5 Å². The van der Waals surface area contributed by atoms with Gasteiger partial charge in [-0.1, -0.05) is 12.1 Å². The first kappa shape index (κ1) is 27.2. The Morgan fingerprint density at radius 3 is 2.47 bits per heavy atom. The summed E-state index contributed by atoms with van der Waals surface area (Å²) in [5.41, 5.74) is 2.25. The maximum absolute atomic E-state index is 6.21. The minimum absolute atomic E-state index is 0. The number of halogens is 1. The van der Waals surface area contributed by atoms with E-state index >= 15 is 0 Å². The summed E-state index contributed by atoms with van der Waals surface area (Å²) in [5, 5.41) is 7.09. The molecule has 7 heteroatoms. The van der Waals surface area contributed by atoms with E-state index in [0.29, 0.717) is 6.54 Å². The summed E-state index contributed by atoms with van der Waals surface area (Å²) >= 11 is 0.